The molecule has 0 radical (unpaired) electrons. The summed E-state index contributed by atoms with van der Waals surface area (Å²) in [5.41, 5.74) is 1.62. The van der Waals surface area contributed by atoms with Gasteiger partial charge in [0.2, 0.25) is 0 Å². The summed E-state index contributed by atoms with van der Waals surface area (Å²) < 4.78 is 5.12. The highest BCUT2D eigenvalue weighted by molar-refractivity contribution is 5.91. The molecule has 0 aliphatic rings. The molecule has 0 fully saturated rings. The van der Waals surface area contributed by atoms with Crippen LogP contribution in [-0.2, 0) is 4.79 Å². The highest BCUT2D eigenvalue weighted by Crippen LogP contribution is 2.16. The maximum atomic E-state index is 11.9. The first-order chi connectivity index (χ1) is 12.6. The molecule has 138 valence electrons. The normalized spacial score (nSPS) is 10.2. The summed E-state index contributed by atoms with van der Waals surface area (Å²) in [6, 6.07) is 13.5. The molecule has 2 aromatic rings. The first-order valence-corrected chi connectivity index (χ1v) is 8.32. The summed E-state index contributed by atoms with van der Waals surface area (Å²) in [5, 5.41) is 18.5. The number of amides is 1. The molecule has 1 amide bonds. The molecule has 8 heteroatoms. The van der Waals surface area contributed by atoms with E-state index in [1.165, 1.54) is 12.1 Å². The van der Waals surface area contributed by atoms with E-state index in [0.717, 1.165) is 25.2 Å². The minimum atomic E-state index is -0.421. The zero-order chi connectivity index (χ0) is 18.8. The van der Waals surface area contributed by atoms with Crippen LogP contribution in [0.15, 0.2) is 48.5 Å². The number of hydrogen-bond donors (Lipinski definition) is 3. The molecule has 0 saturated carbocycles. The fourth-order valence-electron chi connectivity index (χ4n) is 2.33. The van der Waals surface area contributed by atoms with Crippen molar-refractivity contribution < 1.29 is 19.8 Å². The van der Waals surface area contributed by atoms with Crippen molar-refractivity contribution in [1.82, 2.24) is 0 Å². The molecule has 0 spiro atoms. The molecule has 0 bridgehead atoms. The van der Waals surface area contributed by atoms with Crippen molar-refractivity contribution in [2.45, 2.75) is 6.42 Å². The molecule has 0 unspecified atom stereocenters. The number of benzene rings is 2. The average molecular weight is 359 g/mol. The number of quaternary nitrogens is 1. The lowest BCUT2D eigenvalue weighted by Gasteiger charge is -2.07. The summed E-state index contributed by atoms with van der Waals surface area (Å²) in [6.07, 6.45) is 0.865. The first kappa shape index (κ1) is 19.2. The summed E-state index contributed by atoms with van der Waals surface area (Å²) in [7, 11) is 1.58. The van der Waals surface area contributed by atoms with Crippen molar-refractivity contribution >= 4 is 23.0 Å². The Morgan fingerprint density at radius 3 is 2.65 bits per heavy atom. The third-order valence-corrected chi connectivity index (χ3v) is 3.68. The van der Waals surface area contributed by atoms with Crippen LogP contribution in [0.25, 0.3) is 0 Å². The number of nitro groups is 1. The van der Waals surface area contributed by atoms with E-state index >= 15 is 0 Å². The van der Waals surface area contributed by atoms with E-state index in [0.29, 0.717) is 18.0 Å². The van der Waals surface area contributed by atoms with Gasteiger partial charge in [0, 0.05) is 42.5 Å². The van der Waals surface area contributed by atoms with Crippen molar-refractivity contribution in [3.05, 3.63) is 58.6 Å². The number of anilines is 2. The smallest absolute Gasteiger partial charge is 0.279 e. The number of nitrogens with zero attached hydrogens (tertiary/aromatic N) is 1. The molecule has 0 aliphatic heterocycles. The third kappa shape index (κ3) is 6.40. The molecule has 2 aromatic carbocycles. The highest BCUT2D eigenvalue weighted by Gasteiger charge is 2.06. The number of hydrogen-bond acceptors (Lipinski definition) is 5. The Kier molecular flexibility index (Phi) is 7.38. The molecule has 26 heavy (non-hydrogen) atoms. The van der Waals surface area contributed by atoms with Crippen LogP contribution in [0, 0.1) is 10.1 Å². The van der Waals surface area contributed by atoms with E-state index in [1.54, 1.807) is 25.3 Å². The number of rotatable bonds is 10. The van der Waals surface area contributed by atoms with Gasteiger partial charge in [0.05, 0.1) is 18.6 Å². The van der Waals surface area contributed by atoms with Crippen LogP contribution in [0.5, 0.6) is 5.75 Å². The van der Waals surface area contributed by atoms with E-state index in [1.807, 2.05) is 23.5 Å². The molecular weight excluding hydrogens is 336 g/mol. The van der Waals surface area contributed by atoms with Crippen LogP contribution in [-0.4, -0.2) is 37.6 Å². The maximum Gasteiger partial charge on any atom is 0.279 e. The zero-order valence-electron chi connectivity index (χ0n) is 14.6. The Labute approximate surface area is 151 Å². The van der Waals surface area contributed by atoms with E-state index in [-0.39, 0.29) is 11.6 Å². The van der Waals surface area contributed by atoms with Gasteiger partial charge in [-0.15, -0.1) is 0 Å². The van der Waals surface area contributed by atoms with Gasteiger partial charge in [-0.1, -0.05) is 6.07 Å². The van der Waals surface area contributed by atoms with Gasteiger partial charge in [-0.25, -0.2) is 0 Å². The van der Waals surface area contributed by atoms with Gasteiger partial charge in [-0.3, -0.25) is 14.9 Å². The van der Waals surface area contributed by atoms with Gasteiger partial charge < -0.3 is 20.7 Å². The van der Waals surface area contributed by atoms with Gasteiger partial charge in [0.15, 0.2) is 6.54 Å². The fourth-order valence-corrected chi connectivity index (χ4v) is 2.33. The molecule has 0 aliphatic carbocycles. The van der Waals surface area contributed by atoms with Crippen LogP contribution in [0.3, 0.4) is 0 Å². The minimum absolute atomic E-state index is 0.0680. The Bertz CT molecular complexity index is 734. The largest absolute Gasteiger partial charge is 0.497 e. The molecule has 2 rings (SSSR count). The predicted molar refractivity (Wildman–Crippen MR) is 99.5 cm³/mol. The lowest BCUT2D eigenvalue weighted by molar-refractivity contribution is -0.643. The fraction of sp³-hybridized carbons (Fsp3) is 0.278. The van der Waals surface area contributed by atoms with Crippen LogP contribution < -0.4 is 20.7 Å². The number of nitrogens with one attached hydrogen (secondary N) is 2. The topological polar surface area (TPSA) is 110 Å². The Morgan fingerprint density at radius 1 is 1.19 bits per heavy atom. The van der Waals surface area contributed by atoms with Gasteiger partial charge >= 0.3 is 0 Å². The van der Waals surface area contributed by atoms with Crippen LogP contribution in [0.1, 0.15) is 6.42 Å². The number of non-ortho nitro benzene ring substituents is 1. The highest BCUT2D eigenvalue weighted by atomic mass is 16.6. The summed E-state index contributed by atoms with van der Waals surface area (Å²) in [6.45, 7) is 1.87. The Hall–Kier alpha value is -3.13. The summed E-state index contributed by atoms with van der Waals surface area (Å²) in [4.78, 5) is 22.1. The SMILES string of the molecule is COc1cccc(NC(=O)C[NH2+]CCCNc2ccc([N+](=O)[O-])cc2)c1. The second kappa shape index (κ2) is 10.00. The van der Waals surface area contributed by atoms with Crippen molar-refractivity contribution in [3.8, 4) is 5.75 Å². The molecule has 0 atom stereocenters. The number of methoxy groups -OCH3 is 1. The number of ether oxygens (including phenoxy) is 1. The van der Waals surface area contributed by atoms with Crippen molar-refractivity contribution in [2.24, 2.45) is 0 Å². The number of nitro benzene ring substituents is 1. The summed E-state index contributed by atoms with van der Waals surface area (Å²) in [5.74, 6) is 0.630. The van der Waals surface area contributed by atoms with E-state index in [9.17, 15) is 14.9 Å². The molecule has 0 aromatic heterocycles. The van der Waals surface area contributed by atoms with Crippen molar-refractivity contribution in [1.29, 1.82) is 0 Å². The molecular formula is C18H23N4O4+. The molecule has 8 nitrogen and oxygen atoms in total. The predicted octanol–water partition coefficient (Wildman–Crippen LogP) is 1.61. The standard InChI is InChI=1S/C18H22N4O4/c1-26-17-5-2-4-15(12-17)21-18(23)13-19-10-3-11-20-14-6-8-16(9-7-14)22(24)25/h2,4-9,12,19-20H,3,10-11,13H2,1H3,(H,21,23)/p+1. The van der Waals surface area contributed by atoms with Crippen LogP contribution in [0.2, 0.25) is 0 Å². The summed E-state index contributed by atoms with van der Waals surface area (Å²) >= 11 is 0. The Morgan fingerprint density at radius 2 is 1.96 bits per heavy atom. The van der Waals surface area contributed by atoms with E-state index in [4.69, 9.17) is 4.74 Å². The van der Waals surface area contributed by atoms with Gasteiger partial charge in [0.25, 0.3) is 11.6 Å². The first-order valence-electron chi connectivity index (χ1n) is 8.32. The molecule has 0 saturated heterocycles. The lowest BCUT2D eigenvalue weighted by Crippen LogP contribution is -2.86. The van der Waals surface area contributed by atoms with Crippen molar-refractivity contribution in [2.75, 3.05) is 37.4 Å². The van der Waals surface area contributed by atoms with Gasteiger partial charge in [-0.05, 0) is 24.3 Å². The van der Waals surface area contributed by atoms with Crippen LogP contribution >= 0.6 is 0 Å². The zero-order valence-corrected chi connectivity index (χ0v) is 14.6. The molecule has 4 N–H and O–H groups in total. The average Bonchev–Trinajstić information content (AvgIpc) is 2.65. The quantitative estimate of drug-likeness (QED) is 0.339. The third-order valence-electron chi connectivity index (χ3n) is 3.68. The maximum absolute atomic E-state index is 11.9. The minimum Gasteiger partial charge on any atom is -0.497 e. The lowest BCUT2D eigenvalue weighted by atomic mass is 10.3. The van der Waals surface area contributed by atoms with Crippen LogP contribution in [0.4, 0.5) is 17.1 Å². The monoisotopic (exact) mass is 359 g/mol. The van der Waals surface area contributed by atoms with Crippen molar-refractivity contribution in [3.63, 3.8) is 0 Å². The second-order valence-electron chi connectivity index (χ2n) is 5.65. The second-order valence-corrected chi connectivity index (χ2v) is 5.65. The van der Waals surface area contributed by atoms with E-state index < -0.39 is 4.92 Å². The number of carbonyl (C=O) groups is 1. The Balaban J connectivity index is 1.59. The van der Waals surface area contributed by atoms with E-state index in [2.05, 4.69) is 10.6 Å². The number of nitrogens with two attached hydrogens (primary N) is 1. The van der Waals surface area contributed by atoms with Gasteiger partial charge in [-0.2, -0.15) is 0 Å². The van der Waals surface area contributed by atoms with Gasteiger partial charge in [0.1, 0.15) is 5.75 Å². The number of carbonyl (C=O) groups excluding carboxylic acids is 1. The molecule has 0 heterocycles.